The number of nitrogens with one attached hydrogen (secondary N) is 1. The van der Waals surface area contributed by atoms with Crippen molar-refractivity contribution in [3.05, 3.63) is 70.7 Å². The fraction of sp³-hybridized carbons (Fsp3) is 0.263. The summed E-state index contributed by atoms with van der Waals surface area (Å²) in [5.41, 5.74) is 2.49. The van der Waals surface area contributed by atoms with Gasteiger partial charge in [-0.1, -0.05) is 43.0 Å². The maximum absolute atomic E-state index is 5.64. The molecule has 0 atom stereocenters. The molecule has 23 heavy (non-hydrogen) atoms. The Morgan fingerprint density at radius 1 is 1.17 bits per heavy atom. The largest absolute Gasteiger partial charge is 0.493 e. The molecule has 0 fully saturated rings. The lowest BCUT2D eigenvalue weighted by Gasteiger charge is -2.14. The molecule has 0 aromatic heterocycles. The van der Waals surface area contributed by atoms with Crippen molar-refractivity contribution >= 4 is 15.9 Å². The van der Waals surface area contributed by atoms with Gasteiger partial charge >= 0.3 is 0 Å². The van der Waals surface area contributed by atoms with E-state index < -0.39 is 0 Å². The molecule has 0 aliphatic rings. The summed E-state index contributed by atoms with van der Waals surface area (Å²) in [4.78, 5) is 0. The zero-order valence-electron chi connectivity index (χ0n) is 13.3. The third kappa shape index (κ3) is 5.41. The SMILES string of the molecule is C=CCOc1c(Br)cc(CNCCc2ccccc2)cc1OC. The van der Waals surface area contributed by atoms with E-state index in [1.54, 1.807) is 13.2 Å². The normalized spacial score (nSPS) is 10.3. The molecule has 0 bridgehead atoms. The van der Waals surface area contributed by atoms with Crippen LogP contribution in [0.25, 0.3) is 0 Å². The molecule has 0 amide bonds. The Morgan fingerprint density at radius 2 is 1.96 bits per heavy atom. The zero-order chi connectivity index (χ0) is 16.5. The lowest BCUT2D eigenvalue weighted by Crippen LogP contribution is -2.16. The molecule has 2 rings (SSSR count). The number of hydrogen-bond donors (Lipinski definition) is 1. The maximum atomic E-state index is 5.64. The Labute approximate surface area is 146 Å². The molecule has 3 nitrogen and oxygen atoms in total. The molecule has 0 radical (unpaired) electrons. The summed E-state index contributed by atoms with van der Waals surface area (Å²) < 4.78 is 11.9. The van der Waals surface area contributed by atoms with Crippen LogP contribution >= 0.6 is 15.9 Å². The molecular weight excluding hydrogens is 354 g/mol. The van der Waals surface area contributed by atoms with Crippen molar-refractivity contribution in [2.24, 2.45) is 0 Å². The number of benzene rings is 2. The van der Waals surface area contributed by atoms with Gasteiger partial charge in [0.15, 0.2) is 11.5 Å². The third-order valence-electron chi connectivity index (χ3n) is 3.40. The van der Waals surface area contributed by atoms with Crippen LogP contribution in [0.4, 0.5) is 0 Å². The van der Waals surface area contributed by atoms with Gasteiger partial charge in [0.05, 0.1) is 11.6 Å². The Hall–Kier alpha value is -1.78. The van der Waals surface area contributed by atoms with E-state index in [1.165, 1.54) is 5.56 Å². The van der Waals surface area contributed by atoms with Crippen LogP contribution in [0.1, 0.15) is 11.1 Å². The van der Waals surface area contributed by atoms with Crippen LogP contribution in [0.2, 0.25) is 0 Å². The fourth-order valence-corrected chi connectivity index (χ4v) is 2.87. The van der Waals surface area contributed by atoms with E-state index in [-0.39, 0.29) is 0 Å². The van der Waals surface area contributed by atoms with Crippen LogP contribution in [0.15, 0.2) is 59.6 Å². The van der Waals surface area contributed by atoms with Gasteiger partial charge in [-0.2, -0.15) is 0 Å². The van der Waals surface area contributed by atoms with Crippen molar-refractivity contribution in [2.45, 2.75) is 13.0 Å². The molecule has 0 unspecified atom stereocenters. The van der Waals surface area contributed by atoms with Crippen molar-refractivity contribution in [1.29, 1.82) is 0 Å². The van der Waals surface area contributed by atoms with Gasteiger partial charge in [-0.3, -0.25) is 0 Å². The topological polar surface area (TPSA) is 30.5 Å². The molecule has 0 aliphatic heterocycles. The molecule has 2 aromatic rings. The van der Waals surface area contributed by atoms with E-state index in [9.17, 15) is 0 Å². The highest BCUT2D eigenvalue weighted by molar-refractivity contribution is 9.10. The van der Waals surface area contributed by atoms with Gasteiger partial charge < -0.3 is 14.8 Å². The van der Waals surface area contributed by atoms with Crippen LogP contribution in [0, 0.1) is 0 Å². The first-order chi connectivity index (χ1) is 11.2. The highest BCUT2D eigenvalue weighted by Gasteiger charge is 2.11. The van der Waals surface area contributed by atoms with E-state index >= 15 is 0 Å². The summed E-state index contributed by atoms with van der Waals surface area (Å²) in [6.45, 7) is 5.82. The third-order valence-corrected chi connectivity index (χ3v) is 3.99. The van der Waals surface area contributed by atoms with E-state index in [0.717, 1.165) is 35.3 Å². The maximum Gasteiger partial charge on any atom is 0.175 e. The van der Waals surface area contributed by atoms with E-state index in [0.29, 0.717) is 12.4 Å². The lowest BCUT2D eigenvalue weighted by molar-refractivity contribution is 0.324. The Morgan fingerprint density at radius 3 is 2.65 bits per heavy atom. The minimum atomic E-state index is 0.448. The van der Waals surface area contributed by atoms with Crippen LogP contribution in [0.5, 0.6) is 11.5 Å². The number of hydrogen-bond acceptors (Lipinski definition) is 3. The van der Waals surface area contributed by atoms with Crippen LogP contribution < -0.4 is 14.8 Å². The molecule has 1 N–H and O–H groups in total. The second kappa shape index (κ2) is 9.38. The average molecular weight is 376 g/mol. The summed E-state index contributed by atoms with van der Waals surface area (Å²) >= 11 is 3.55. The van der Waals surface area contributed by atoms with Gasteiger partial charge in [0, 0.05) is 6.54 Å². The smallest absolute Gasteiger partial charge is 0.175 e. The zero-order valence-corrected chi connectivity index (χ0v) is 14.9. The predicted octanol–water partition coefficient (Wildman–Crippen LogP) is 4.35. The average Bonchev–Trinajstić information content (AvgIpc) is 2.58. The molecule has 0 saturated carbocycles. The number of rotatable bonds is 9. The van der Waals surface area contributed by atoms with Crippen molar-refractivity contribution < 1.29 is 9.47 Å². The first kappa shape index (κ1) is 17.6. The molecule has 0 spiro atoms. The quantitative estimate of drug-likeness (QED) is 0.521. The molecule has 0 heterocycles. The number of ether oxygens (including phenoxy) is 2. The molecule has 0 saturated heterocycles. The summed E-state index contributed by atoms with van der Waals surface area (Å²) in [7, 11) is 1.65. The van der Waals surface area contributed by atoms with Gasteiger partial charge in [0.25, 0.3) is 0 Å². The van der Waals surface area contributed by atoms with Crippen molar-refractivity contribution in [3.63, 3.8) is 0 Å². The minimum absolute atomic E-state index is 0.448. The van der Waals surface area contributed by atoms with Gasteiger partial charge in [-0.15, -0.1) is 0 Å². The second-order valence-corrected chi connectivity index (χ2v) is 5.98. The highest BCUT2D eigenvalue weighted by Crippen LogP contribution is 2.36. The monoisotopic (exact) mass is 375 g/mol. The van der Waals surface area contributed by atoms with Crippen molar-refractivity contribution in [1.82, 2.24) is 5.32 Å². The van der Waals surface area contributed by atoms with Crippen LogP contribution in [-0.4, -0.2) is 20.3 Å². The fourth-order valence-electron chi connectivity index (χ4n) is 2.27. The second-order valence-electron chi connectivity index (χ2n) is 5.12. The lowest BCUT2D eigenvalue weighted by atomic mass is 10.1. The predicted molar refractivity (Wildman–Crippen MR) is 98.2 cm³/mol. The summed E-state index contributed by atoms with van der Waals surface area (Å²) in [5.74, 6) is 1.43. The van der Waals surface area contributed by atoms with Gasteiger partial charge in [-0.05, 0) is 52.2 Å². The van der Waals surface area contributed by atoms with Gasteiger partial charge in [0.1, 0.15) is 6.61 Å². The molecular formula is C19H22BrNO2. The van der Waals surface area contributed by atoms with Crippen molar-refractivity contribution in [3.8, 4) is 11.5 Å². The summed E-state index contributed by atoms with van der Waals surface area (Å²) in [6, 6.07) is 14.5. The first-order valence-corrected chi connectivity index (χ1v) is 8.38. The van der Waals surface area contributed by atoms with E-state index in [2.05, 4.69) is 58.2 Å². The number of methoxy groups -OCH3 is 1. The Bertz CT molecular complexity index is 629. The summed E-state index contributed by atoms with van der Waals surface area (Å²) in [5, 5.41) is 3.46. The van der Waals surface area contributed by atoms with Crippen LogP contribution in [-0.2, 0) is 13.0 Å². The first-order valence-electron chi connectivity index (χ1n) is 7.59. The molecule has 0 aliphatic carbocycles. The van der Waals surface area contributed by atoms with Crippen molar-refractivity contribution in [2.75, 3.05) is 20.3 Å². The summed E-state index contributed by atoms with van der Waals surface area (Å²) in [6.07, 6.45) is 2.73. The molecule has 122 valence electrons. The van der Waals surface area contributed by atoms with Crippen LogP contribution in [0.3, 0.4) is 0 Å². The van der Waals surface area contributed by atoms with E-state index in [4.69, 9.17) is 9.47 Å². The molecule has 4 heteroatoms. The number of halogens is 1. The highest BCUT2D eigenvalue weighted by atomic mass is 79.9. The molecule has 2 aromatic carbocycles. The van der Waals surface area contributed by atoms with Gasteiger partial charge in [0.2, 0.25) is 0 Å². The minimum Gasteiger partial charge on any atom is -0.493 e. The Kier molecular flexibility index (Phi) is 7.17. The van der Waals surface area contributed by atoms with Gasteiger partial charge in [-0.25, -0.2) is 0 Å². The van der Waals surface area contributed by atoms with E-state index in [1.807, 2.05) is 12.1 Å². The standard InChI is InChI=1S/C19H22BrNO2/c1-3-11-23-19-17(20)12-16(13-18(19)22-2)14-21-10-9-15-7-5-4-6-8-15/h3-8,12-13,21H,1,9-11,14H2,2H3. The Balaban J connectivity index is 1.92.